The van der Waals surface area contributed by atoms with Crippen LogP contribution in [-0.4, -0.2) is 40.4 Å². The molecule has 0 unspecified atom stereocenters. The second-order valence-corrected chi connectivity index (χ2v) is 3.21. The van der Waals surface area contributed by atoms with E-state index in [-0.39, 0.29) is 33.3 Å². The minimum Gasteiger partial charge on any atom is -0.359 e. The molecule has 0 radical (unpaired) electrons. The number of hydrogen-bond donors (Lipinski definition) is 0. The minimum atomic E-state index is 0.0646. The Bertz CT molecular complexity index is 174. The van der Waals surface area contributed by atoms with Crippen molar-refractivity contribution < 1.29 is 23.7 Å². The lowest BCUT2D eigenvalue weighted by atomic mass is 10.2. The fraction of sp³-hybridized carbons (Fsp3) is 0.667. The molecule has 0 aromatic rings. The predicted octanol–water partition coefficient (Wildman–Crippen LogP) is 2.05. The molecule has 0 rings (SSSR count). The highest BCUT2D eigenvalue weighted by molar-refractivity contribution is 4.79. The van der Waals surface area contributed by atoms with Crippen LogP contribution in [0.15, 0.2) is 25.3 Å². The van der Waals surface area contributed by atoms with Gasteiger partial charge in [-0.2, -0.15) is 0 Å². The van der Waals surface area contributed by atoms with Gasteiger partial charge in [0.2, 0.25) is 0 Å². The lowest BCUT2D eigenvalue weighted by Gasteiger charge is -2.14. The van der Waals surface area contributed by atoms with Crippen molar-refractivity contribution in [3.8, 4) is 0 Å². The van der Waals surface area contributed by atoms with Crippen LogP contribution in [0.4, 0.5) is 0 Å². The summed E-state index contributed by atoms with van der Waals surface area (Å²) in [5.74, 6) is 0. The second kappa shape index (κ2) is 13.3. The molecule has 0 aromatic heterocycles. The monoisotopic (exact) mass is 246 g/mol. The van der Waals surface area contributed by atoms with Crippen molar-refractivity contribution in [1.29, 1.82) is 0 Å². The van der Waals surface area contributed by atoms with Crippen molar-refractivity contribution in [2.45, 2.75) is 18.9 Å². The van der Waals surface area contributed by atoms with Crippen molar-refractivity contribution in [2.24, 2.45) is 0 Å². The molecule has 0 atom stereocenters. The van der Waals surface area contributed by atoms with E-state index in [0.29, 0.717) is 0 Å². The first-order valence-corrected chi connectivity index (χ1v) is 5.40. The highest BCUT2D eigenvalue weighted by Gasteiger charge is 2.04. The maximum absolute atomic E-state index is 5.44. The minimum absolute atomic E-state index is 0.0646. The van der Waals surface area contributed by atoms with Gasteiger partial charge in [0.15, 0.2) is 13.6 Å². The summed E-state index contributed by atoms with van der Waals surface area (Å²) in [6.07, 6.45) is 5.22. The molecule has 0 saturated heterocycles. The molecule has 0 aliphatic carbocycles. The van der Waals surface area contributed by atoms with Gasteiger partial charge in [-0.15, -0.1) is 13.2 Å². The van der Waals surface area contributed by atoms with E-state index in [4.69, 9.17) is 18.9 Å². The van der Waals surface area contributed by atoms with Crippen LogP contribution in [0, 0.1) is 0 Å². The van der Waals surface area contributed by atoms with Gasteiger partial charge in [0.25, 0.3) is 0 Å². The molecule has 5 nitrogen and oxygen atoms in total. The molecule has 0 amide bonds. The summed E-state index contributed by atoms with van der Waals surface area (Å²) in [5.41, 5.74) is 0. The van der Waals surface area contributed by atoms with Crippen LogP contribution < -0.4 is 0 Å². The zero-order valence-electron chi connectivity index (χ0n) is 10.4. The quantitative estimate of drug-likeness (QED) is 0.283. The first kappa shape index (κ1) is 16.3. The van der Waals surface area contributed by atoms with Gasteiger partial charge in [0, 0.05) is 7.11 Å². The number of methoxy groups -OCH3 is 1. The van der Waals surface area contributed by atoms with Crippen LogP contribution in [0.2, 0.25) is 0 Å². The number of rotatable bonds is 13. The molecule has 0 N–H and O–H groups in total. The molecule has 17 heavy (non-hydrogen) atoms. The third kappa shape index (κ3) is 11.5. The summed E-state index contributed by atoms with van der Waals surface area (Å²) in [4.78, 5) is 0. The molecule has 0 heterocycles. The van der Waals surface area contributed by atoms with Crippen LogP contribution in [-0.2, 0) is 23.7 Å². The summed E-state index contributed by atoms with van der Waals surface area (Å²) < 4.78 is 25.1. The molecule has 0 spiro atoms. The Morgan fingerprint density at radius 3 is 1.94 bits per heavy atom. The molecule has 0 aliphatic rings. The highest BCUT2D eigenvalue weighted by Crippen LogP contribution is 2.05. The van der Waals surface area contributed by atoms with Crippen LogP contribution in [0.25, 0.3) is 0 Å². The van der Waals surface area contributed by atoms with Crippen molar-refractivity contribution >= 4 is 0 Å². The fourth-order valence-electron chi connectivity index (χ4n) is 1.05. The third-order valence-electron chi connectivity index (χ3n) is 1.78. The topological polar surface area (TPSA) is 46.2 Å². The van der Waals surface area contributed by atoms with Gasteiger partial charge in [-0.3, -0.25) is 0 Å². The van der Waals surface area contributed by atoms with E-state index < -0.39 is 0 Å². The van der Waals surface area contributed by atoms with E-state index in [2.05, 4.69) is 17.9 Å². The fourth-order valence-corrected chi connectivity index (χ4v) is 1.05. The van der Waals surface area contributed by atoms with Crippen LogP contribution in [0.5, 0.6) is 0 Å². The van der Waals surface area contributed by atoms with Gasteiger partial charge < -0.3 is 23.7 Å². The molecular weight excluding hydrogens is 224 g/mol. The largest absolute Gasteiger partial charge is 0.359 e. The molecule has 0 saturated carbocycles. The summed E-state index contributed by atoms with van der Waals surface area (Å²) in [6.45, 7) is 7.96. The van der Waals surface area contributed by atoms with Crippen LogP contribution in [0.1, 0.15) is 12.8 Å². The SMILES string of the molecule is C=CCC(CC=C)OCOCOCOCOC. The number of hydrogen-bond acceptors (Lipinski definition) is 5. The van der Waals surface area contributed by atoms with Crippen LogP contribution >= 0.6 is 0 Å². The maximum Gasteiger partial charge on any atom is 0.152 e. The van der Waals surface area contributed by atoms with Gasteiger partial charge in [0.05, 0.1) is 6.10 Å². The lowest BCUT2D eigenvalue weighted by molar-refractivity contribution is -0.195. The van der Waals surface area contributed by atoms with Crippen molar-refractivity contribution in [2.75, 3.05) is 34.3 Å². The summed E-state index contributed by atoms with van der Waals surface area (Å²) in [5, 5.41) is 0. The predicted molar refractivity (Wildman–Crippen MR) is 64.2 cm³/mol. The van der Waals surface area contributed by atoms with Crippen molar-refractivity contribution in [3.05, 3.63) is 25.3 Å². The first-order valence-electron chi connectivity index (χ1n) is 5.40. The van der Waals surface area contributed by atoms with E-state index in [1.165, 1.54) is 0 Å². The Balaban J connectivity index is 3.29. The lowest BCUT2D eigenvalue weighted by Crippen LogP contribution is -2.15. The van der Waals surface area contributed by atoms with Crippen molar-refractivity contribution in [3.63, 3.8) is 0 Å². The summed E-state index contributed by atoms with van der Waals surface area (Å²) in [6, 6.07) is 0. The second-order valence-electron chi connectivity index (χ2n) is 3.21. The standard InChI is InChI=1S/C12H22O5/c1-4-6-12(7-5-2)17-11-16-10-15-9-14-8-13-3/h4-5,12H,1-2,6-11H2,3H3. The van der Waals surface area contributed by atoms with E-state index in [0.717, 1.165) is 12.8 Å². The molecule has 0 bridgehead atoms. The average Bonchev–Trinajstić information content (AvgIpc) is 2.33. The van der Waals surface area contributed by atoms with E-state index in [1.807, 2.05) is 12.2 Å². The Morgan fingerprint density at radius 2 is 1.41 bits per heavy atom. The highest BCUT2D eigenvalue weighted by atomic mass is 16.8. The van der Waals surface area contributed by atoms with Gasteiger partial charge in [-0.25, -0.2) is 0 Å². The summed E-state index contributed by atoms with van der Waals surface area (Å²) in [7, 11) is 1.55. The Kier molecular flexibility index (Phi) is 12.8. The van der Waals surface area contributed by atoms with E-state index in [1.54, 1.807) is 7.11 Å². The third-order valence-corrected chi connectivity index (χ3v) is 1.78. The van der Waals surface area contributed by atoms with Gasteiger partial charge in [-0.05, 0) is 12.8 Å². The molecule has 100 valence electrons. The maximum atomic E-state index is 5.44. The smallest absolute Gasteiger partial charge is 0.152 e. The van der Waals surface area contributed by atoms with E-state index in [9.17, 15) is 0 Å². The average molecular weight is 246 g/mol. The molecule has 0 aliphatic heterocycles. The van der Waals surface area contributed by atoms with Gasteiger partial charge >= 0.3 is 0 Å². The Hall–Kier alpha value is -0.720. The summed E-state index contributed by atoms with van der Waals surface area (Å²) >= 11 is 0. The van der Waals surface area contributed by atoms with Gasteiger partial charge in [0.1, 0.15) is 13.6 Å². The molecule has 0 fully saturated rings. The normalized spacial score (nSPS) is 10.7. The van der Waals surface area contributed by atoms with E-state index >= 15 is 0 Å². The molecule has 5 heteroatoms. The van der Waals surface area contributed by atoms with Gasteiger partial charge in [-0.1, -0.05) is 12.2 Å². The molecular formula is C12H22O5. The van der Waals surface area contributed by atoms with Crippen LogP contribution in [0.3, 0.4) is 0 Å². The van der Waals surface area contributed by atoms with Crippen molar-refractivity contribution in [1.82, 2.24) is 0 Å². The Morgan fingerprint density at radius 1 is 0.882 bits per heavy atom. The Labute approximate surface area is 103 Å². The molecule has 0 aromatic carbocycles. The first-order chi connectivity index (χ1) is 8.35. The zero-order chi connectivity index (χ0) is 12.8. The number of ether oxygens (including phenoxy) is 5. The zero-order valence-corrected chi connectivity index (χ0v) is 10.4.